The molecule has 1 aromatic carbocycles. The van der Waals surface area contributed by atoms with Crippen LogP contribution < -0.4 is 0 Å². The third-order valence-corrected chi connectivity index (χ3v) is 4.57. The Bertz CT molecular complexity index is 879. The van der Waals surface area contributed by atoms with E-state index in [1.54, 1.807) is 0 Å². The molecule has 0 unspecified atom stereocenters. The molecular weight excluding hydrogens is 311 g/mol. The molecule has 3 aromatic rings. The summed E-state index contributed by atoms with van der Waals surface area (Å²) in [6.45, 7) is 1.43. The van der Waals surface area contributed by atoms with Gasteiger partial charge in [0.15, 0.2) is 5.65 Å². The van der Waals surface area contributed by atoms with E-state index in [-0.39, 0.29) is 5.82 Å². The van der Waals surface area contributed by atoms with Gasteiger partial charge in [-0.15, -0.1) is 0 Å². The van der Waals surface area contributed by atoms with Gasteiger partial charge in [0.2, 0.25) is 4.77 Å². The third kappa shape index (κ3) is 3.04. The van der Waals surface area contributed by atoms with Crippen LogP contribution in [0.2, 0.25) is 0 Å². The van der Waals surface area contributed by atoms with E-state index in [1.807, 2.05) is 45.6 Å². The number of nitrogens with zero attached hydrogens (tertiary/aromatic N) is 4. The number of rotatable bonds is 5. The van der Waals surface area contributed by atoms with Crippen LogP contribution in [0.25, 0.3) is 5.65 Å². The maximum absolute atomic E-state index is 13.1. The number of pyridine rings is 1. The molecule has 0 atom stereocenters. The van der Waals surface area contributed by atoms with Crippen molar-refractivity contribution < 1.29 is 4.39 Å². The van der Waals surface area contributed by atoms with Gasteiger partial charge in [-0.05, 0) is 54.9 Å². The molecule has 0 bridgehead atoms. The minimum Gasteiger partial charge on any atom is -0.277 e. The lowest BCUT2D eigenvalue weighted by Crippen LogP contribution is -2.29. The van der Waals surface area contributed by atoms with Crippen molar-refractivity contribution >= 4 is 17.9 Å². The fraction of sp³-hybridized carbons (Fsp3) is 0.294. The third-order valence-electron chi connectivity index (χ3n) is 4.17. The monoisotopic (exact) mass is 328 g/mol. The minimum absolute atomic E-state index is 0.200. The van der Waals surface area contributed by atoms with Gasteiger partial charge in [-0.1, -0.05) is 18.2 Å². The molecule has 1 aliphatic carbocycles. The maximum Gasteiger partial charge on any atom is 0.203 e. The zero-order chi connectivity index (χ0) is 15.8. The molecule has 0 radical (unpaired) electrons. The van der Waals surface area contributed by atoms with Crippen LogP contribution in [0.15, 0.2) is 48.7 Å². The van der Waals surface area contributed by atoms with Gasteiger partial charge >= 0.3 is 0 Å². The SMILES string of the molecule is Fc1ccc(CN(Cn2nc3ccccn3c2=S)C2CC2)cc1. The van der Waals surface area contributed by atoms with E-state index < -0.39 is 0 Å². The summed E-state index contributed by atoms with van der Waals surface area (Å²) in [6.07, 6.45) is 4.33. The normalized spacial score (nSPS) is 14.7. The highest BCUT2D eigenvalue weighted by molar-refractivity contribution is 7.71. The van der Waals surface area contributed by atoms with E-state index in [0.29, 0.717) is 17.5 Å². The van der Waals surface area contributed by atoms with Gasteiger partial charge in [-0.2, -0.15) is 5.10 Å². The summed E-state index contributed by atoms with van der Waals surface area (Å²) >= 11 is 5.52. The lowest BCUT2D eigenvalue weighted by molar-refractivity contribution is 0.187. The van der Waals surface area contributed by atoms with Crippen molar-refractivity contribution in [2.75, 3.05) is 0 Å². The van der Waals surface area contributed by atoms with Gasteiger partial charge < -0.3 is 0 Å². The molecule has 4 rings (SSSR count). The van der Waals surface area contributed by atoms with E-state index in [1.165, 1.54) is 25.0 Å². The number of hydrogen-bond donors (Lipinski definition) is 0. The Labute approximate surface area is 138 Å². The van der Waals surface area contributed by atoms with Crippen LogP contribution in [0.1, 0.15) is 18.4 Å². The van der Waals surface area contributed by atoms with Crippen LogP contribution >= 0.6 is 12.2 Å². The predicted molar refractivity (Wildman–Crippen MR) is 89.0 cm³/mol. The molecule has 0 N–H and O–H groups in total. The van der Waals surface area contributed by atoms with Crippen LogP contribution in [0.4, 0.5) is 4.39 Å². The summed E-state index contributed by atoms with van der Waals surface area (Å²) in [6, 6.07) is 13.1. The molecule has 4 nitrogen and oxygen atoms in total. The summed E-state index contributed by atoms with van der Waals surface area (Å²) in [5.74, 6) is -0.200. The smallest absolute Gasteiger partial charge is 0.203 e. The van der Waals surface area contributed by atoms with Crippen molar-refractivity contribution in [3.05, 3.63) is 64.8 Å². The second-order valence-corrected chi connectivity index (χ2v) is 6.32. The average Bonchev–Trinajstić information content (AvgIpc) is 3.36. The molecule has 1 aliphatic rings. The Hall–Kier alpha value is -2.05. The molecule has 2 aromatic heterocycles. The van der Waals surface area contributed by atoms with Crippen molar-refractivity contribution in [3.8, 4) is 0 Å². The number of aromatic nitrogens is 3. The van der Waals surface area contributed by atoms with Crippen molar-refractivity contribution in [2.24, 2.45) is 0 Å². The first-order chi connectivity index (χ1) is 11.2. The van der Waals surface area contributed by atoms with Crippen LogP contribution in [-0.4, -0.2) is 25.1 Å². The first kappa shape index (κ1) is 14.5. The van der Waals surface area contributed by atoms with Crippen LogP contribution in [0.5, 0.6) is 0 Å². The van der Waals surface area contributed by atoms with Crippen molar-refractivity contribution in [1.82, 2.24) is 19.1 Å². The van der Waals surface area contributed by atoms with E-state index in [9.17, 15) is 4.39 Å². The Kier molecular flexibility index (Phi) is 3.71. The largest absolute Gasteiger partial charge is 0.277 e. The first-order valence-electron chi connectivity index (χ1n) is 7.73. The zero-order valence-corrected chi connectivity index (χ0v) is 13.4. The van der Waals surface area contributed by atoms with Gasteiger partial charge in [-0.25, -0.2) is 9.07 Å². The van der Waals surface area contributed by atoms with Crippen LogP contribution in [-0.2, 0) is 13.2 Å². The average molecular weight is 328 g/mol. The van der Waals surface area contributed by atoms with Gasteiger partial charge in [0.1, 0.15) is 5.82 Å². The van der Waals surface area contributed by atoms with Gasteiger partial charge in [0.25, 0.3) is 0 Å². The van der Waals surface area contributed by atoms with E-state index in [4.69, 9.17) is 12.2 Å². The quantitative estimate of drug-likeness (QED) is 0.669. The molecule has 2 heterocycles. The zero-order valence-electron chi connectivity index (χ0n) is 12.6. The fourth-order valence-corrected chi connectivity index (χ4v) is 3.04. The second-order valence-electron chi connectivity index (χ2n) is 5.96. The summed E-state index contributed by atoms with van der Waals surface area (Å²) in [5.41, 5.74) is 1.96. The van der Waals surface area contributed by atoms with Gasteiger partial charge in [-0.3, -0.25) is 9.30 Å². The van der Waals surface area contributed by atoms with Gasteiger partial charge in [0, 0.05) is 18.8 Å². The molecule has 1 saturated carbocycles. The molecule has 0 saturated heterocycles. The number of fused-ring (bicyclic) bond motifs is 1. The second kappa shape index (κ2) is 5.86. The number of hydrogen-bond acceptors (Lipinski definition) is 3. The highest BCUT2D eigenvalue weighted by atomic mass is 32.1. The molecular formula is C17H17FN4S. The summed E-state index contributed by atoms with van der Waals surface area (Å²) in [5, 5.41) is 4.59. The molecule has 0 aliphatic heterocycles. The maximum atomic E-state index is 13.1. The molecule has 1 fully saturated rings. The van der Waals surface area contributed by atoms with E-state index in [2.05, 4.69) is 10.00 Å². The molecule has 0 amide bonds. The Morgan fingerprint density at radius 3 is 2.65 bits per heavy atom. The summed E-state index contributed by atoms with van der Waals surface area (Å²) in [7, 11) is 0. The highest BCUT2D eigenvalue weighted by Gasteiger charge is 2.29. The van der Waals surface area contributed by atoms with E-state index in [0.717, 1.165) is 17.8 Å². The van der Waals surface area contributed by atoms with Crippen LogP contribution in [0.3, 0.4) is 0 Å². The van der Waals surface area contributed by atoms with Crippen molar-refractivity contribution in [1.29, 1.82) is 0 Å². The fourth-order valence-electron chi connectivity index (χ4n) is 2.79. The van der Waals surface area contributed by atoms with E-state index >= 15 is 0 Å². The lowest BCUT2D eigenvalue weighted by Gasteiger charge is -2.21. The molecule has 118 valence electrons. The Morgan fingerprint density at radius 2 is 1.96 bits per heavy atom. The summed E-state index contributed by atoms with van der Waals surface area (Å²) in [4.78, 5) is 2.36. The minimum atomic E-state index is -0.200. The number of halogens is 1. The Morgan fingerprint density at radius 1 is 1.17 bits per heavy atom. The first-order valence-corrected chi connectivity index (χ1v) is 8.14. The van der Waals surface area contributed by atoms with Crippen molar-refractivity contribution in [3.63, 3.8) is 0 Å². The number of benzene rings is 1. The summed E-state index contributed by atoms with van der Waals surface area (Å²) < 4.78 is 17.6. The lowest BCUT2D eigenvalue weighted by atomic mass is 10.2. The predicted octanol–water partition coefficient (Wildman–Crippen LogP) is 3.63. The standard InChI is InChI=1S/C17H17FN4S/c18-14-6-4-13(5-7-14)11-20(15-8-9-15)12-22-17(23)21-10-2-1-3-16(21)19-22/h1-7,10,15H,8-9,11-12H2. The Balaban J connectivity index is 1.59. The topological polar surface area (TPSA) is 25.5 Å². The van der Waals surface area contributed by atoms with Gasteiger partial charge in [0.05, 0.1) is 6.67 Å². The molecule has 0 spiro atoms. The van der Waals surface area contributed by atoms with Crippen molar-refractivity contribution in [2.45, 2.75) is 32.1 Å². The highest BCUT2D eigenvalue weighted by Crippen LogP contribution is 2.29. The molecule has 6 heteroatoms. The molecule has 23 heavy (non-hydrogen) atoms. The van der Waals surface area contributed by atoms with Crippen LogP contribution in [0, 0.1) is 10.6 Å².